The van der Waals surface area contributed by atoms with Gasteiger partial charge in [0.1, 0.15) is 11.5 Å². The van der Waals surface area contributed by atoms with Crippen LogP contribution in [0.25, 0.3) is 0 Å². The van der Waals surface area contributed by atoms with E-state index in [0.29, 0.717) is 33.8 Å². The molecule has 0 aliphatic carbocycles. The van der Waals surface area contributed by atoms with Gasteiger partial charge < -0.3 is 14.5 Å². The Bertz CT molecular complexity index is 1370. The fourth-order valence-electron chi connectivity index (χ4n) is 3.27. The Labute approximate surface area is 212 Å². The predicted molar refractivity (Wildman–Crippen MR) is 137 cm³/mol. The lowest BCUT2D eigenvalue weighted by Crippen LogP contribution is -2.23. The number of sulfonamides is 1. The number of rotatable bonds is 10. The standard InChI is InChI=1S/C26H23BrN2O5S/c27-24-17-20(8-13-25(24)34-16-14-19-5-2-1-3-6-19)26(30)29-21-9-11-23(12-10-21)35(31,32)28-18-22-7-4-15-33-22/h1-13,15,17,28H,14,16,18H2,(H,29,30). The number of hydrogen-bond donors (Lipinski definition) is 2. The van der Waals surface area contributed by atoms with E-state index in [-0.39, 0.29) is 17.3 Å². The molecule has 35 heavy (non-hydrogen) atoms. The monoisotopic (exact) mass is 554 g/mol. The lowest BCUT2D eigenvalue weighted by Gasteiger charge is -2.11. The number of nitrogens with one attached hydrogen (secondary N) is 2. The Morgan fingerprint density at radius 2 is 1.71 bits per heavy atom. The fraction of sp³-hybridized carbons (Fsp3) is 0.115. The summed E-state index contributed by atoms with van der Waals surface area (Å²) in [5.41, 5.74) is 2.09. The molecule has 1 amide bonds. The molecule has 0 unspecified atom stereocenters. The third-order valence-corrected chi connectivity index (χ3v) is 7.16. The summed E-state index contributed by atoms with van der Waals surface area (Å²) < 4.78 is 39.0. The third kappa shape index (κ3) is 6.82. The summed E-state index contributed by atoms with van der Waals surface area (Å²) in [5.74, 6) is 0.832. The average Bonchev–Trinajstić information content (AvgIpc) is 3.39. The molecule has 7 nitrogen and oxygen atoms in total. The maximum absolute atomic E-state index is 12.7. The van der Waals surface area contributed by atoms with Gasteiger partial charge in [-0.15, -0.1) is 0 Å². The van der Waals surface area contributed by atoms with Crippen LogP contribution in [-0.2, 0) is 23.0 Å². The van der Waals surface area contributed by atoms with Crippen LogP contribution < -0.4 is 14.8 Å². The van der Waals surface area contributed by atoms with Crippen LogP contribution in [0, 0.1) is 0 Å². The molecule has 0 bridgehead atoms. The van der Waals surface area contributed by atoms with E-state index in [2.05, 4.69) is 26.0 Å². The maximum atomic E-state index is 12.7. The third-order valence-electron chi connectivity index (χ3n) is 5.12. The smallest absolute Gasteiger partial charge is 0.255 e. The van der Waals surface area contributed by atoms with Gasteiger partial charge in [-0.05, 0) is 76.1 Å². The Balaban J connectivity index is 1.32. The molecule has 0 aliphatic heterocycles. The largest absolute Gasteiger partial charge is 0.492 e. The van der Waals surface area contributed by atoms with Crippen LogP contribution in [0.2, 0.25) is 0 Å². The molecule has 0 aliphatic rings. The van der Waals surface area contributed by atoms with E-state index in [0.717, 1.165) is 6.42 Å². The van der Waals surface area contributed by atoms with E-state index in [4.69, 9.17) is 9.15 Å². The molecule has 9 heteroatoms. The molecule has 0 saturated heterocycles. The topological polar surface area (TPSA) is 97.6 Å². The first-order chi connectivity index (χ1) is 16.9. The van der Waals surface area contributed by atoms with E-state index >= 15 is 0 Å². The fourth-order valence-corrected chi connectivity index (χ4v) is 4.75. The van der Waals surface area contributed by atoms with Crippen molar-refractivity contribution in [3.8, 4) is 5.75 Å². The van der Waals surface area contributed by atoms with Gasteiger partial charge in [0.05, 0.1) is 28.8 Å². The zero-order chi connectivity index (χ0) is 24.7. The minimum absolute atomic E-state index is 0.0503. The summed E-state index contributed by atoms with van der Waals surface area (Å²) in [6.45, 7) is 0.564. The zero-order valence-electron chi connectivity index (χ0n) is 18.6. The number of amides is 1. The molecule has 4 aromatic rings. The highest BCUT2D eigenvalue weighted by atomic mass is 79.9. The van der Waals surface area contributed by atoms with E-state index in [1.807, 2.05) is 30.3 Å². The molecular formula is C26H23BrN2O5S. The summed E-state index contributed by atoms with van der Waals surface area (Å²) in [5, 5.41) is 2.77. The second kappa shape index (κ2) is 11.4. The van der Waals surface area contributed by atoms with Crippen molar-refractivity contribution in [1.29, 1.82) is 0 Å². The van der Waals surface area contributed by atoms with E-state index in [1.165, 1.54) is 36.1 Å². The molecule has 180 valence electrons. The Kier molecular flexibility index (Phi) is 8.02. The Morgan fingerprint density at radius 3 is 2.40 bits per heavy atom. The van der Waals surface area contributed by atoms with Crippen LogP contribution in [0.3, 0.4) is 0 Å². The van der Waals surface area contributed by atoms with Crippen molar-refractivity contribution in [2.24, 2.45) is 0 Å². The lowest BCUT2D eigenvalue weighted by molar-refractivity contribution is 0.102. The average molecular weight is 555 g/mol. The van der Waals surface area contributed by atoms with Gasteiger partial charge in [0.15, 0.2) is 0 Å². The van der Waals surface area contributed by atoms with E-state index < -0.39 is 10.0 Å². The highest BCUT2D eigenvalue weighted by Crippen LogP contribution is 2.27. The Hall–Kier alpha value is -3.40. The maximum Gasteiger partial charge on any atom is 0.255 e. The number of anilines is 1. The number of benzene rings is 3. The number of furan rings is 1. The van der Waals surface area contributed by atoms with Gasteiger partial charge in [0.2, 0.25) is 10.0 Å². The van der Waals surface area contributed by atoms with E-state index in [1.54, 1.807) is 30.3 Å². The molecule has 4 rings (SSSR count). The van der Waals surface area contributed by atoms with Crippen LogP contribution in [0.4, 0.5) is 5.69 Å². The number of hydrogen-bond acceptors (Lipinski definition) is 5. The van der Waals surface area contributed by atoms with Gasteiger partial charge >= 0.3 is 0 Å². The molecule has 2 N–H and O–H groups in total. The molecule has 1 heterocycles. The normalized spacial score (nSPS) is 11.2. The summed E-state index contributed by atoms with van der Waals surface area (Å²) in [4.78, 5) is 12.8. The van der Waals surface area contributed by atoms with Crippen molar-refractivity contribution in [3.63, 3.8) is 0 Å². The summed E-state index contributed by atoms with van der Waals surface area (Å²) in [6.07, 6.45) is 2.26. The SMILES string of the molecule is O=C(Nc1ccc(S(=O)(=O)NCc2ccco2)cc1)c1ccc(OCCc2ccccc2)c(Br)c1. The zero-order valence-corrected chi connectivity index (χ0v) is 21.0. The highest BCUT2D eigenvalue weighted by molar-refractivity contribution is 9.10. The van der Waals surface area contributed by atoms with Crippen molar-refractivity contribution in [3.05, 3.63) is 113 Å². The molecular weight excluding hydrogens is 532 g/mol. The van der Waals surface area contributed by atoms with Gasteiger partial charge in [-0.1, -0.05) is 30.3 Å². The van der Waals surface area contributed by atoms with Gasteiger partial charge in [0.25, 0.3) is 5.91 Å². The van der Waals surface area contributed by atoms with Crippen LogP contribution >= 0.6 is 15.9 Å². The predicted octanol–water partition coefficient (Wildman–Crippen LogP) is 5.39. The summed E-state index contributed by atoms with van der Waals surface area (Å²) in [6, 6.07) is 24.5. The highest BCUT2D eigenvalue weighted by Gasteiger charge is 2.15. The minimum atomic E-state index is -3.71. The molecule has 0 atom stereocenters. The number of ether oxygens (including phenoxy) is 1. The second-order valence-corrected chi connectivity index (χ2v) is 10.2. The van der Waals surface area contributed by atoms with Gasteiger partial charge in [-0.3, -0.25) is 4.79 Å². The molecule has 3 aromatic carbocycles. The molecule has 0 radical (unpaired) electrons. The summed E-state index contributed by atoms with van der Waals surface area (Å²) >= 11 is 3.46. The van der Waals surface area contributed by atoms with E-state index in [9.17, 15) is 13.2 Å². The summed E-state index contributed by atoms with van der Waals surface area (Å²) in [7, 11) is -3.71. The van der Waals surface area contributed by atoms with Gasteiger partial charge in [-0.25, -0.2) is 13.1 Å². The molecule has 0 saturated carbocycles. The number of carbonyl (C=O) groups is 1. The van der Waals surface area contributed by atoms with Crippen molar-refractivity contribution in [2.75, 3.05) is 11.9 Å². The van der Waals surface area contributed by atoms with Crippen molar-refractivity contribution >= 4 is 37.5 Å². The van der Waals surface area contributed by atoms with Crippen LogP contribution in [-0.4, -0.2) is 20.9 Å². The first-order valence-corrected chi connectivity index (χ1v) is 13.1. The Morgan fingerprint density at radius 1 is 0.943 bits per heavy atom. The van der Waals surface area contributed by atoms with Crippen molar-refractivity contribution < 1.29 is 22.4 Å². The molecule has 1 aromatic heterocycles. The second-order valence-electron chi connectivity index (χ2n) is 7.61. The van der Waals surface area contributed by atoms with Crippen molar-refractivity contribution in [2.45, 2.75) is 17.9 Å². The molecule has 0 spiro atoms. The first-order valence-electron chi connectivity index (χ1n) is 10.8. The first kappa shape index (κ1) is 24.7. The van der Waals surface area contributed by atoms with Gasteiger partial charge in [0, 0.05) is 17.7 Å². The molecule has 0 fully saturated rings. The number of carbonyl (C=O) groups excluding carboxylic acids is 1. The van der Waals surface area contributed by atoms with Crippen molar-refractivity contribution in [1.82, 2.24) is 4.72 Å². The van der Waals surface area contributed by atoms with Crippen LogP contribution in [0.1, 0.15) is 21.7 Å². The quantitative estimate of drug-likeness (QED) is 0.273. The van der Waals surface area contributed by atoms with Crippen LogP contribution in [0.5, 0.6) is 5.75 Å². The van der Waals surface area contributed by atoms with Crippen LogP contribution in [0.15, 0.2) is 105 Å². The lowest BCUT2D eigenvalue weighted by atomic mass is 10.1. The van der Waals surface area contributed by atoms with Gasteiger partial charge in [-0.2, -0.15) is 0 Å². The minimum Gasteiger partial charge on any atom is -0.492 e. The number of halogens is 1.